The SMILES string of the molecule is Cc1ccccc1N1C(=O)[C@@H]2[C@H](C1=O)C1(Br)c3ccccc3C2(Br)c2ccccc21. The molecule has 2 bridgehead atoms. The van der Waals surface area contributed by atoms with E-state index < -0.39 is 20.5 Å². The zero-order valence-corrected chi connectivity index (χ0v) is 19.3. The number of alkyl halides is 2. The first-order valence-electron chi connectivity index (χ1n) is 9.93. The molecule has 3 nitrogen and oxygen atoms in total. The van der Waals surface area contributed by atoms with Gasteiger partial charge in [0, 0.05) is 0 Å². The summed E-state index contributed by atoms with van der Waals surface area (Å²) in [5.41, 5.74) is 5.78. The quantitative estimate of drug-likeness (QED) is 0.317. The first-order chi connectivity index (χ1) is 14.4. The molecule has 1 aliphatic heterocycles. The Hall–Kier alpha value is -2.24. The molecule has 0 unspecified atom stereocenters. The zero-order valence-electron chi connectivity index (χ0n) is 16.1. The molecule has 4 aliphatic rings. The lowest BCUT2D eigenvalue weighted by atomic mass is 9.54. The molecule has 3 aromatic carbocycles. The van der Waals surface area contributed by atoms with Crippen LogP contribution >= 0.6 is 31.9 Å². The summed E-state index contributed by atoms with van der Waals surface area (Å²) >= 11 is 8.05. The molecule has 30 heavy (non-hydrogen) atoms. The molecular formula is C25H17Br2NO2. The van der Waals surface area contributed by atoms with E-state index in [1.54, 1.807) is 0 Å². The third-order valence-electron chi connectivity index (χ3n) is 6.94. The molecule has 1 heterocycles. The molecule has 0 N–H and O–H groups in total. The first kappa shape index (κ1) is 18.5. The van der Waals surface area contributed by atoms with E-state index in [2.05, 4.69) is 56.1 Å². The number of anilines is 1. The third-order valence-corrected chi connectivity index (χ3v) is 9.64. The number of rotatable bonds is 1. The van der Waals surface area contributed by atoms with Crippen molar-refractivity contribution in [3.63, 3.8) is 0 Å². The van der Waals surface area contributed by atoms with Crippen LogP contribution in [0.3, 0.4) is 0 Å². The lowest BCUT2D eigenvalue weighted by Gasteiger charge is -2.55. The van der Waals surface area contributed by atoms with E-state index in [1.165, 1.54) is 4.90 Å². The molecule has 3 aromatic rings. The molecule has 5 heteroatoms. The second-order valence-electron chi connectivity index (χ2n) is 8.27. The third kappa shape index (κ3) is 1.92. The zero-order chi connectivity index (χ0) is 20.8. The largest absolute Gasteiger partial charge is 0.274 e. The maximum absolute atomic E-state index is 13.9. The van der Waals surface area contributed by atoms with Gasteiger partial charge in [0.05, 0.1) is 26.2 Å². The molecular weight excluding hydrogens is 506 g/mol. The van der Waals surface area contributed by atoms with Gasteiger partial charge in [-0.1, -0.05) is 98.6 Å². The second-order valence-corrected chi connectivity index (χ2v) is 10.8. The van der Waals surface area contributed by atoms with Gasteiger partial charge in [0.2, 0.25) is 11.8 Å². The average Bonchev–Trinajstić information content (AvgIpc) is 3.04. The maximum Gasteiger partial charge on any atom is 0.239 e. The summed E-state index contributed by atoms with van der Waals surface area (Å²) in [5.74, 6) is -1.37. The molecule has 2 atom stereocenters. The average molecular weight is 523 g/mol. The lowest BCUT2D eigenvalue weighted by Crippen LogP contribution is -2.56. The van der Waals surface area contributed by atoms with Gasteiger partial charge in [0.15, 0.2) is 0 Å². The van der Waals surface area contributed by atoms with Crippen molar-refractivity contribution in [1.29, 1.82) is 0 Å². The topological polar surface area (TPSA) is 37.4 Å². The summed E-state index contributed by atoms with van der Waals surface area (Å²) in [6.07, 6.45) is 0. The van der Waals surface area contributed by atoms with Crippen LogP contribution in [0.25, 0.3) is 0 Å². The maximum atomic E-state index is 13.9. The van der Waals surface area contributed by atoms with Gasteiger partial charge in [-0.2, -0.15) is 0 Å². The highest BCUT2D eigenvalue weighted by atomic mass is 79.9. The summed E-state index contributed by atoms with van der Waals surface area (Å²) in [4.78, 5) is 29.2. The Balaban J connectivity index is 1.68. The van der Waals surface area contributed by atoms with Gasteiger partial charge in [0.1, 0.15) is 0 Å². The van der Waals surface area contributed by atoms with Crippen molar-refractivity contribution in [2.24, 2.45) is 11.8 Å². The Kier molecular flexibility index (Phi) is 3.66. The summed E-state index contributed by atoms with van der Waals surface area (Å²) < 4.78 is -1.49. The Bertz CT molecular complexity index is 1150. The van der Waals surface area contributed by atoms with Crippen molar-refractivity contribution in [2.45, 2.75) is 15.6 Å². The number of halogens is 2. The van der Waals surface area contributed by atoms with Crippen LogP contribution < -0.4 is 4.90 Å². The number of benzene rings is 3. The van der Waals surface area contributed by atoms with Gasteiger partial charge in [-0.25, -0.2) is 4.90 Å². The fraction of sp³-hybridized carbons (Fsp3) is 0.200. The van der Waals surface area contributed by atoms with Crippen LogP contribution in [0.15, 0.2) is 72.8 Å². The van der Waals surface area contributed by atoms with Crippen LogP contribution in [0.2, 0.25) is 0 Å². The minimum Gasteiger partial charge on any atom is -0.274 e. The van der Waals surface area contributed by atoms with E-state index >= 15 is 0 Å². The van der Waals surface area contributed by atoms with Crippen molar-refractivity contribution in [3.8, 4) is 0 Å². The number of amides is 2. The van der Waals surface area contributed by atoms with Gasteiger partial charge >= 0.3 is 0 Å². The highest BCUT2D eigenvalue weighted by Crippen LogP contribution is 2.70. The predicted octanol–water partition coefficient (Wildman–Crippen LogP) is 5.40. The van der Waals surface area contributed by atoms with Crippen molar-refractivity contribution < 1.29 is 9.59 Å². The van der Waals surface area contributed by atoms with Gasteiger partial charge in [-0.05, 0) is 40.8 Å². The van der Waals surface area contributed by atoms with Crippen LogP contribution in [0, 0.1) is 18.8 Å². The van der Waals surface area contributed by atoms with Gasteiger partial charge in [-0.3, -0.25) is 9.59 Å². The first-order valence-corrected chi connectivity index (χ1v) is 11.5. The van der Waals surface area contributed by atoms with Crippen LogP contribution in [-0.2, 0) is 18.2 Å². The van der Waals surface area contributed by atoms with Crippen molar-refractivity contribution in [1.82, 2.24) is 0 Å². The predicted molar refractivity (Wildman–Crippen MR) is 123 cm³/mol. The minimum absolute atomic E-state index is 0.149. The Morgan fingerprint density at radius 3 is 1.43 bits per heavy atom. The monoisotopic (exact) mass is 521 g/mol. The molecule has 3 aliphatic carbocycles. The van der Waals surface area contributed by atoms with Gasteiger partial charge in [-0.15, -0.1) is 0 Å². The number of hydrogen-bond donors (Lipinski definition) is 0. The van der Waals surface area contributed by atoms with E-state index in [0.717, 1.165) is 27.8 Å². The number of imide groups is 1. The molecule has 0 radical (unpaired) electrons. The fourth-order valence-corrected chi connectivity index (χ4v) is 8.02. The Morgan fingerprint density at radius 1 is 0.667 bits per heavy atom. The number of carbonyl (C=O) groups is 2. The number of aryl methyl sites for hydroxylation is 1. The molecule has 1 fully saturated rings. The summed E-state index contributed by atoms with van der Waals surface area (Å²) in [6, 6.07) is 23.8. The summed E-state index contributed by atoms with van der Waals surface area (Å²) in [6.45, 7) is 1.93. The number of carbonyl (C=O) groups excluding carboxylic acids is 2. The molecule has 148 valence electrons. The van der Waals surface area contributed by atoms with Gasteiger partial charge < -0.3 is 0 Å². The summed E-state index contributed by atoms with van der Waals surface area (Å²) in [5, 5.41) is 0. The van der Waals surface area contributed by atoms with E-state index in [-0.39, 0.29) is 11.8 Å². The fourth-order valence-electron chi connectivity index (χ4n) is 5.72. The van der Waals surface area contributed by atoms with E-state index in [9.17, 15) is 9.59 Å². The Labute approximate surface area is 191 Å². The lowest BCUT2D eigenvalue weighted by molar-refractivity contribution is -0.122. The van der Waals surface area contributed by atoms with Crippen LogP contribution in [0.1, 0.15) is 27.8 Å². The van der Waals surface area contributed by atoms with E-state index in [0.29, 0.717) is 5.69 Å². The molecule has 0 aromatic heterocycles. The van der Waals surface area contributed by atoms with Crippen molar-refractivity contribution >= 4 is 49.4 Å². The van der Waals surface area contributed by atoms with Crippen LogP contribution in [-0.4, -0.2) is 11.8 Å². The van der Waals surface area contributed by atoms with Crippen LogP contribution in [0.5, 0.6) is 0 Å². The molecule has 7 rings (SSSR count). The van der Waals surface area contributed by atoms with Crippen molar-refractivity contribution in [2.75, 3.05) is 4.90 Å². The highest BCUT2D eigenvalue weighted by Gasteiger charge is 2.72. The number of hydrogen-bond acceptors (Lipinski definition) is 2. The normalized spacial score (nSPS) is 30.8. The molecule has 1 saturated heterocycles. The number of nitrogens with zero attached hydrogens (tertiary/aromatic N) is 1. The Morgan fingerprint density at radius 2 is 1.03 bits per heavy atom. The minimum atomic E-state index is -0.745. The van der Waals surface area contributed by atoms with Gasteiger partial charge in [0.25, 0.3) is 0 Å². The van der Waals surface area contributed by atoms with E-state index in [4.69, 9.17) is 0 Å². The molecule has 0 spiro atoms. The van der Waals surface area contributed by atoms with E-state index in [1.807, 2.05) is 55.5 Å². The van der Waals surface area contributed by atoms with Crippen molar-refractivity contribution in [3.05, 3.63) is 101 Å². The highest BCUT2D eigenvalue weighted by molar-refractivity contribution is 9.10. The second kappa shape index (κ2) is 5.92. The smallest absolute Gasteiger partial charge is 0.239 e. The standard InChI is InChI=1S/C25H17Br2NO2/c1-14-8-2-7-13-19(14)28-22(29)20-21(23(28)30)25(27)16-10-4-3-9-15(16)24(20,26)17-11-5-6-12-18(17)25/h2-13,20-21H,1H3/t20-,21+,24?,25?. The molecule has 0 saturated carbocycles. The summed E-state index contributed by atoms with van der Waals surface area (Å²) in [7, 11) is 0. The number of para-hydroxylation sites is 1. The molecule has 2 amide bonds. The van der Waals surface area contributed by atoms with Crippen LogP contribution in [0.4, 0.5) is 5.69 Å².